The fourth-order valence-electron chi connectivity index (χ4n) is 3.42. The summed E-state index contributed by atoms with van der Waals surface area (Å²) >= 11 is 0. The van der Waals surface area contributed by atoms with Crippen molar-refractivity contribution >= 4 is 22.7 Å². The average Bonchev–Trinajstić information content (AvgIpc) is 2.90. The van der Waals surface area contributed by atoms with Gasteiger partial charge in [0.2, 0.25) is 0 Å². The molecule has 0 saturated carbocycles. The highest BCUT2D eigenvalue weighted by molar-refractivity contribution is 5.94. The quantitative estimate of drug-likeness (QED) is 0.110. The SMILES string of the molecule is C=CCOCC(COc1cc(C)c(OCC(COCC=C)OC(=O)C(=C)C)c2ccccc12)OC(=O)C(=C)C. The van der Waals surface area contributed by atoms with Crippen LogP contribution in [-0.4, -0.2) is 63.8 Å². The zero-order chi connectivity index (χ0) is 28.8. The molecule has 0 N–H and O–H groups in total. The van der Waals surface area contributed by atoms with Crippen molar-refractivity contribution in [3.05, 3.63) is 85.5 Å². The number of hydrogen-bond acceptors (Lipinski definition) is 8. The van der Waals surface area contributed by atoms with E-state index >= 15 is 0 Å². The highest BCUT2D eigenvalue weighted by atomic mass is 16.6. The molecule has 2 unspecified atom stereocenters. The first-order valence-electron chi connectivity index (χ1n) is 12.6. The van der Waals surface area contributed by atoms with Crippen LogP contribution in [0.3, 0.4) is 0 Å². The van der Waals surface area contributed by atoms with Gasteiger partial charge in [-0.15, -0.1) is 13.2 Å². The molecule has 0 aromatic heterocycles. The van der Waals surface area contributed by atoms with Crippen LogP contribution < -0.4 is 9.47 Å². The molecule has 8 heteroatoms. The summed E-state index contributed by atoms with van der Waals surface area (Å²) in [6.45, 7) is 20.6. The lowest BCUT2D eigenvalue weighted by molar-refractivity contribution is -0.149. The van der Waals surface area contributed by atoms with E-state index in [0.717, 1.165) is 16.3 Å². The Morgan fingerprint density at radius 2 is 1.28 bits per heavy atom. The van der Waals surface area contributed by atoms with Crippen molar-refractivity contribution in [3.8, 4) is 11.5 Å². The molecule has 0 fully saturated rings. The van der Waals surface area contributed by atoms with E-state index in [4.69, 9.17) is 28.4 Å². The van der Waals surface area contributed by atoms with Crippen molar-refractivity contribution < 1.29 is 38.0 Å². The number of ether oxygens (including phenoxy) is 6. The van der Waals surface area contributed by atoms with Crippen molar-refractivity contribution in [1.29, 1.82) is 0 Å². The fourth-order valence-corrected chi connectivity index (χ4v) is 3.42. The molecular weight excluding hydrogens is 500 g/mol. The maximum absolute atomic E-state index is 12.1. The highest BCUT2D eigenvalue weighted by Gasteiger charge is 2.21. The minimum atomic E-state index is -0.650. The van der Waals surface area contributed by atoms with Crippen molar-refractivity contribution in [2.75, 3.05) is 39.6 Å². The van der Waals surface area contributed by atoms with E-state index in [-0.39, 0.29) is 37.6 Å². The molecular formula is C31H38O8. The molecule has 0 radical (unpaired) electrons. The van der Waals surface area contributed by atoms with Crippen LogP contribution >= 0.6 is 0 Å². The van der Waals surface area contributed by atoms with E-state index in [9.17, 15) is 9.59 Å². The number of hydrogen-bond donors (Lipinski definition) is 0. The van der Waals surface area contributed by atoms with Gasteiger partial charge in [0.1, 0.15) is 24.7 Å². The van der Waals surface area contributed by atoms with E-state index < -0.39 is 24.1 Å². The molecule has 0 aliphatic heterocycles. The lowest BCUT2D eigenvalue weighted by atomic mass is 10.0. The van der Waals surface area contributed by atoms with Crippen molar-refractivity contribution in [2.45, 2.75) is 33.0 Å². The van der Waals surface area contributed by atoms with Gasteiger partial charge in [-0.3, -0.25) is 0 Å². The number of carbonyl (C=O) groups excluding carboxylic acids is 2. The van der Waals surface area contributed by atoms with Gasteiger partial charge in [0.05, 0.1) is 26.4 Å². The number of aryl methyl sites for hydroxylation is 1. The van der Waals surface area contributed by atoms with Gasteiger partial charge in [0.25, 0.3) is 0 Å². The summed E-state index contributed by atoms with van der Waals surface area (Å²) in [5.41, 5.74) is 1.38. The van der Waals surface area contributed by atoms with Crippen LogP contribution in [0, 0.1) is 6.92 Å². The molecule has 2 aromatic rings. The van der Waals surface area contributed by atoms with Gasteiger partial charge in [-0.2, -0.15) is 0 Å². The second-order valence-electron chi connectivity index (χ2n) is 8.96. The Balaban J connectivity index is 2.25. The molecule has 2 aromatic carbocycles. The van der Waals surface area contributed by atoms with E-state index in [1.54, 1.807) is 26.0 Å². The monoisotopic (exact) mass is 538 g/mol. The standard InChI is InChI=1S/C31H38O8/c1-8-14-34-17-24(38-30(32)21(3)4)19-36-28-16-23(7)29(27-13-11-10-12-26(27)28)37-20-25(18-35-15-9-2)39-31(33)22(5)6/h8-13,16,24-25H,1-3,5,14-15,17-20H2,4,6-7H3. The topological polar surface area (TPSA) is 89.5 Å². The molecule has 0 aliphatic rings. The number of esters is 2. The Morgan fingerprint density at radius 3 is 1.77 bits per heavy atom. The third kappa shape index (κ3) is 10.1. The Bertz CT molecular complexity index is 1180. The van der Waals surface area contributed by atoms with Gasteiger partial charge >= 0.3 is 11.9 Å². The molecule has 210 valence electrons. The number of benzene rings is 2. The van der Waals surface area contributed by atoms with Crippen LogP contribution in [0.4, 0.5) is 0 Å². The first-order valence-corrected chi connectivity index (χ1v) is 12.6. The minimum Gasteiger partial charge on any atom is -0.489 e. The maximum Gasteiger partial charge on any atom is 0.333 e. The van der Waals surface area contributed by atoms with Gasteiger partial charge in [0, 0.05) is 21.9 Å². The summed E-state index contributed by atoms with van der Waals surface area (Å²) in [6.07, 6.45) is 1.93. The van der Waals surface area contributed by atoms with Gasteiger partial charge in [-0.05, 0) is 32.4 Å². The lowest BCUT2D eigenvalue weighted by Gasteiger charge is -2.22. The molecule has 0 bridgehead atoms. The van der Waals surface area contributed by atoms with Gasteiger partial charge in [-0.25, -0.2) is 9.59 Å². The molecule has 0 amide bonds. The van der Waals surface area contributed by atoms with Gasteiger partial charge < -0.3 is 28.4 Å². The van der Waals surface area contributed by atoms with Gasteiger partial charge in [0.15, 0.2) is 12.2 Å². The summed E-state index contributed by atoms with van der Waals surface area (Å²) in [5, 5.41) is 1.61. The Hall–Kier alpha value is -3.88. The van der Waals surface area contributed by atoms with Crippen molar-refractivity contribution in [2.24, 2.45) is 0 Å². The summed E-state index contributed by atoms with van der Waals surface area (Å²) in [6, 6.07) is 9.46. The third-order valence-electron chi connectivity index (χ3n) is 5.30. The molecule has 2 atom stereocenters. The normalized spacial score (nSPS) is 12.2. The van der Waals surface area contributed by atoms with E-state index in [2.05, 4.69) is 26.3 Å². The zero-order valence-electron chi connectivity index (χ0n) is 23.0. The summed E-state index contributed by atoms with van der Waals surface area (Å²) in [7, 11) is 0. The Kier molecular flexibility index (Phi) is 13.0. The second-order valence-corrected chi connectivity index (χ2v) is 8.96. The van der Waals surface area contributed by atoms with Crippen molar-refractivity contribution in [3.63, 3.8) is 0 Å². The molecule has 0 heterocycles. The first kappa shape index (κ1) is 31.3. The average molecular weight is 539 g/mol. The van der Waals surface area contributed by atoms with Crippen LogP contribution in [0.5, 0.6) is 11.5 Å². The van der Waals surface area contributed by atoms with Crippen LogP contribution in [-0.2, 0) is 28.5 Å². The Labute approximate surface area is 230 Å². The molecule has 8 nitrogen and oxygen atoms in total. The molecule has 0 aliphatic carbocycles. The smallest absolute Gasteiger partial charge is 0.333 e. The van der Waals surface area contributed by atoms with Crippen LogP contribution in [0.15, 0.2) is 79.9 Å². The van der Waals surface area contributed by atoms with E-state index in [0.29, 0.717) is 24.7 Å². The van der Waals surface area contributed by atoms with Gasteiger partial charge in [-0.1, -0.05) is 49.6 Å². The molecule has 0 saturated heterocycles. The lowest BCUT2D eigenvalue weighted by Crippen LogP contribution is -2.30. The van der Waals surface area contributed by atoms with Crippen LogP contribution in [0.25, 0.3) is 10.8 Å². The predicted octanol–water partition coefficient (Wildman–Crippen LogP) is 5.29. The largest absolute Gasteiger partial charge is 0.489 e. The van der Waals surface area contributed by atoms with E-state index in [1.165, 1.54) is 0 Å². The summed E-state index contributed by atoms with van der Waals surface area (Å²) in [5.74, 6) is 0.178. The number of carbonyl (C=O) groups is 2. The molecule has 0 spiro atoms. The highest BCUT2D eigenvalue weighted by Crippen LogP contribution is 2.36. The number of fused-ring (bicyclic) bond motifs is 1. The molecule has 39 heavy (non-hydrogen) atoms. The van der Waals surface area contributed by atoms with Crippen molar-refractivity contribution in [1.82, 2.24) is 0 Å². The second kappa shape index (κ2) is 16.2. The maximum atomic E-state index is 12.1. The number of rotatable bonds is 18. The summed E-state index contributed by atoms with van der Waals surface area (Å²) < 4.78 is 34.3. The van der Waals surface area contributed by atoms with Crippen LogP contribution in [0.2, 0.25) is 0 Å². The minimum absolute atomic E-state index is 0.0688. The predicted molar refractivity (Wildman–Crippen MR) is 151 cm³/mol. The Morgan fingerprint density at radius 1 is 0.795 bits per heavy atom. The zero-order valence-corrected chi connectivity index (χ0v) is 23.0. The van der Waals surface area contributed by atoms with Crippen LogP contribution in [0.1, 0.15) is 19.4 Å². The third-order valence-corrected chi connectivity index (χ3v) is 5.30. The fraction of sp³-hybridized carbons (Fsp3) is 0.355. The summed E-state index contributed by atoms with van der Waals surface area (Å²) in [4.78, 5) is 24.2. The molecule has 2 rings (SSSR count). The van der Waals surface area contributed by atoms with E-state index in [1.807, 2.05) is 37.3 Å². The first-order chi connectivity index (χ1) is 18.7.